The van der Waals surface area contributed by atoms with Gasteiger partial charge < -0.3 is 61.8 Å². The van der Waals surface area contributed by atoms with E-state index in [0.717, 1.165) is 16.0 Å². The fraction of sp³-hybridized carbons (Fsp3) is 0.456. The summed E-state index contributed by atoms with van der Waals surface area (Å²) in [6, 6.07) is 17.6. The van der Waals surface area contributed by atoms with Crippen molar-refractivity contribution in [3.63, 3.8) is 0 Å². The summed E-state index contributed by atoms with van der Waals surface area (Å²) in [5.41, 5.74) is 3.32. The Bertz CT molecular complexity index is 3590. The Balaban J connectivity index is 1.16. The van der Waals surface area contributed by atoms with E-state index in [1.807, 2.05) is 18.2 Å². The van der Waals surface area contributed by atoms with E-state index in [9.17, 15) is 24.0 Å². The Labute approximate surface area is 555 Å². The van der Waals surface area contributed by atoms with Crippen LogP contribution in [0, 0.1) is 5.82 Å². The van der Waals surface area contributed by atoms with Crippen LogP contribution in [0.2, 0.25) is 0 Å². The molecule has 502 valence electrons. The molecule has 94 heavy (non-hydrogen) atoms. The molecule has 26 heteroatoms. The highest BCUT2D eigenvalue weighted by molar-refractivity contribution is 7.98. The molecule has 0 aliphatic carbocycles. The SMILES string of the molecule is COc1ccc(C[C@@H]2NC(=O)[C@H]([C@@H](C)OC)NC(=O)[C@@H]3CCC(=O)NCc4cccc(c4)C[C@H](NC(=O)[C@@H](C)NC(=O)[C@H](C)NC(=O)CCSCc4cccc(c4)CSCCNC(=O)[C@]4(C)CCCN4C2=O)C(=O)NC(Cc2ccnc4ccc(F)cc24)C(=O)N3C)cc1. The molecule has 1 aromatic heterocycles. The number of halogens is 1. The number of likely N-dealkylation sites (N-methyl/N-ethyl adjacent to an activating group) is 1. The van der Waals surface area contributed by atoms with Gasteiger partial charge in [-0.25, -0.2) is 4.39 Å². The molecule has 3 aliphatic heterocycles. The number of benzene rings is 4. The van der Waals surface area contributed by atoms with Crippen LogP contribution in [-0.4, -0.2) is 174 Å². The highest BCUT2D eigenvalue weighted by Gasteiger charge is 2.48. The van der Waals surface area contributed by atoms with E-state index in [1.54, 1.807) is 85.0 Å². The van der Waals surface area contributed by atoms with Crippen LogP contribution in [0.3, 0.4) is 0 Å². The van der Waals surface area contributed by atoms with Crippen molar-refractivity contribution in [2.75, 3.05) is 45.9 Å². The molecule has 6 bridgehead atoms. The molecular weight excluding hydrogens is 1250 g/mol. The van der Waals surface area contributed by atoms with Gasteiger partial charge in [0, 0.05) is 100 Å². The lowest BCUT2D eigenvalue weighted by Crippen LogP contribution is -2.63. The fourth-order valence-corrected chi connectivity index (χ4v) is 13.4. The maximum absolute atomic E-state index is 15.5. The molecule has 10 amide bonds. The number of aromatic nitrogens is 1. The van der Waals surface area contributed by atoms with Gasteiger partial charge in [0.1, 0.15) is 59.4 Å². The zero-order chi connectivity index (χ0) is 67.6. The Morgan fingerprint density at radius 1 is 0.670 bits per heavy atom. The lowest BCUT2D eigenvalue weighted by Gasteiger charge is -2.37. The third-order valence-corrected chi connectivity index (χ3v) is 19.3. The predicted molar refractivity (Wildman–Crippen MR) is 355 cm³/mol. The topological polar surface area (TPSA) is 305 Å². The van der Waals surface area contributed by atoms with Gasteiger partial charge in [-0.2, -0.15) is 23.5 Å². The van der Waals surface area contributed by atoms with Gasteiger partial charge in [0.2, 0.25) is 59.1 Å². The fourth-order valence-electron chi connectivity index (χ4n) is 11.7. The van der Waals surface area contributed by atoms with Gasteiger partial charge in [-0.05, 0) is 117 Å². The number of amides is 10. The normalized spacial score (nSPS) is 24.8. The maximum Gasteiger partial charge on any atom is 0.246 e. The molecule has 9 atom stereocenters. The van der Waals surface area contributed by atoms with Crippen LogP contribution in [0.25, 0.3) is 10.9 Å². The van der Waals surface area contributed by atoms with Crippen molar-refractivity contribution in [2.24, 2.45) is 0 Å². The molecule has 1 unspecified atom stereocenters. The number of carbonyl (C=O) groups is 10. The number of rotatable bonds is 7. The number of methoxy groups -OCH3 is 2. The van der Waals surface area contributed by atoms with Crippen LogP contribution in [-0.2, 0) is 90.0 Å². The zero-order valence-corrected chi connectivity index (χ0v) is 55.6. The summed E-state index contributed by atoms with van der Waals surface area (Å²) >= 11 is 3.17. The molecule has 8 N–H and O–H groups in total. The molecule has 8 rings (SSSR count). The summed E-state index contributed by atoms with van der Waals surface area (Å²) in [4.78, 5) is 152. The van der Waals surface area contributed by atoms with Crippen molar-refractivity contribution in [2.45, 2.75) is 151 Å². The van der Waals surface area contributed by atoms with Gasteiger partial charge in [-0.1, -0.05) is 60.7 Å². The molecule has 0 radical (unpaired) electrons. The standard InChI is InChI=1S/C68H84FN11O12S2/c1-40-60(83)74-41(2)61(84)75-53-34-44-11-8-12-45(31-44)37-72-57(81)22-21-56(79(5)65(88)55(76-62(53)85)35-48-23-26-70-52-20-17-49(69)36-51(48)52)63(86)78-59(42(3)91-6)64(87)77-54(33-43-15-18-50(92-7)19-16-43)66(89)80-28-10-25-68(80,4)67(90)71-27-30-94-39-47-14-9-13-46(32-47)38-93-29-24-58(82)73-40/h8-9,11-20,23,26,31-32,36,40-42,53-56,59H,10,21-22,24-25,27-30,33-35,37-39H2,1-7H3,(H,71,90)(H,72,81)(H,73,82)(H,74,83)(H,75,84)(H,76,85)(H,77,87)(H,78,86)/t40-,41+,42+,53-,54-,55?,56-,59-,68-/m0/s1. The number of pyridine rings is 1. The highest BCUT2D eigenvalue weighted by Crippen LogP contribution is 2.31. The second kappa shape index (κ2) is 33.5. The van der Waals surface area contributed by atoms with Crippen molar-refractivity contribution < 1.29 is 61.8 Å². The van der Waals surface area contributed by atoms with E-state index in [4.69, 9.17) is 9.47 Å². The summed E-state index contributed by atoms with van der Waals surface area (Å²) in [7, 11) is 4.13. The molecule has 1 fully saturated rings. The first kappa shape index (κ1) is 71.2. The maximum atomic E-state index is 15.5. The minimum Gasteiger partial charge on any atom is -0.497 e. The lowest BCUT2D eigenvalue weighted by molar-refractivity contribution is -0.147. The monoisotopic (exact) mass is 1330 g/mol. The first-order valence-electron chi connectivity index (χ1n) is 31.5. The summed E-state index contributed by atoms with van der Waals surface area (Å²) < 4.78 is 26.2. The minimum absolute atomic E-state index is 0.000412. The number of hydrogen-bond donors (Lipinski definition) is 8. The second-order valence-corrected chi connectivity index (χ2v) is 26.3. The van der Waals surface area contributed by atoms with Crippen LogP contribution in [0.1, 0.15) is 93.2 Å². The van der Waals surface area contributed by atoms with Crippen molar-refractivity contribution in [1.82, 2.24) is 57.3 Å². The van der Waals surface area contributed by atoms with Crippen LogP contribution in [0.5, 0.6) is 5.75 Å². The van der Waals surface area contributed by atoms with Crippen molar-refractivity contribution in [3.8, 4) is 5.75 Å². The Morgan fingerprint density at radius 2 is 1.33 bits per heavy atom. The van der Waals surface area contributed by atoms with Crippen LogP contribution >= 0.6 is 23.5 Å². The van der Waals surface area contributed by atoms with Gasteiger partial charge >= 0.3 is 0 Å². The summed E-state index contributed by atoms with van der Waals surface area (Å²) in [5, 5.41) is 22.8. The van der Waals surface area contributed by atoms with Gasteiger partial charge in [0.25, 0.3) is 0 Å². The van der Waals surface area contributed by atoms with Crippen molar-refractivity contribution in [3.05, 3.63) is 142 Å². The summed E-state index contributed by atoms with van der Waals surface area (Å²) in [5.74, 6) is -4.58. The number of carbonyl (C=O) groups excluding carboxylic acids is 10. The van der Waals surface area contributed by atoms with E-state index in [-0.39, 0.29) is 63.4 Å². The van der Waals surface area contributed by atoms with Gasteiger partial charge in [-0.3, -0.25) is 52.9 Å². The molecule has 0 spiro atoms. The van der Waals surface area contributed by atoms with Crippen molar-refractivity contribution >= 4 is 93.5 Å². The molecule has 1 saturated heterocycles. The quantitative estimate of drug-likeness (QED) is 0.115. The van der Waals surface area contributed by atoms with Crippen LogP contribution in [0.15, 0.2) is 103 Å². The Morgan fingerprint density at radius 3 is 2.05 bits per heavy atom. The first-order chi connectivity index (χ1) is 45.0. The van der Waals surface area contributed by atoms with Crippen LogP contribution in [0.4, 0.5) is 4.39 Å². The van der Waals surface area contributed by atoms with E-state index >= 15 is 28.4 Å². The number of ether oxygens (including phenoxy) is 2. The second-order valence-electron chi connectivity index (χ2n) is 24.1. The largest absolute Gasteiger partial charge is 0.497 e. The minimum atomic E-state index is -1.58. The van der Waals surface area contributed by atoms with E-state index < -0.39 is 107 Å². The molecule has 0 saturated carbocycles. The molecule has 3 aliphatic rings. The molecular formula is C68H84FN11O12S2. The highest BCUT2D eigenvalue weighted by atomic mass is 32.2. The number of nitrogens with one attached hydrogen (secondary N) is 8. The molecule has 4 aromatic carbocycles. The number of nitrogens with zero attached hydrogens (tertiary/aromatic N) is 3. The van der Waals surface area contributed by atoms with E-state index in [2.05, 4.69) is 53.6 Å². The van der Waals surface area contributed by atoms with E-state index in [1.165, 1.54) is 71.3 Å². The first-order valence-corrected chi connectivity index (χ1v) is 33.8. The average Bonchev–Trinajstić information content (AvgIpc) is 1.54. The van der Waals surface area contributed by atoms with Crippen LogP contribution < -0.4 is 47.3 Å². The Kier molecular flexibility index (Phi) is 25.4. The molecule has 4 heterocycles. The smallest absolute Gasteiger partial charge is 0.246 e. The third-order valence-electron chi connectivity index (χ3n) is 17.2. The summed E-state index contributed by atoms with van der Waals surface area (Å²) in [6.45, 7) is 6.62. The average molecular weight is 1330 g/mol. The predicted octanol–water partition coefficient (Wildman–Crippen LogP) is 3.70. The molecule has 23 nitrogen and oxygen atoms in total. The third kappa shape index (κ3) is 19.0. The Hall–Kier alpha value is -8.62. The molecule has 5 aromatic rings. The summed E-state index contributed by atoms with van der Waals surface area (Å²) in [6.07, 6.45) is 0.0992. The van der Waals surface area contributed by atoms with Gasteiger partial charge in [-0.15, -0.1) is 0 Å². The van der Waals surface area contributed by atoms with Gasteiger partial charge in [0.15, 0.2) is 0 Å². The van der Waals surface area contributed by atoms with E-state index in [0.29, 0.717) is 81.3 Å². The number of hydrogen-bond acceptors (Lipinski definition) is 15. The number of thioether (sulfide) groups is 2. The van der Waals surface area contributed by atoms with Crippen molar-refractivity contribution in [1.29, 1.82) is 0 Å². The zero-order valence-electron chi connectivity index (χ0n) is 54.0. The lowest BCUT2D eigenvalue weighted by atomic mass is 9.95. The number of fused-ring (bicyclic) bond motifs is 12. The van der Waals surface area contributed by atoms with Gasteiger partial charge in [0.05, 0.1) is 18.7 Å².